The van der Waals surface area contributed by atoms with Crippen LogP contribution in [0.15, 0.2) is 18.7 Å². The Kier molecular flexibility index (Phi) is 4.14. The lowest BCUT2D eigenvalue weighted by atomic mass is 10.3. The van der Waals surface area contributed by atoms with Gasteiger partial charge in [0.2, 0.25) is 5.91 Å². The van der Waals surface area contributed by atoms with Gasteiger partial charge in [0.25, 0.3) is 0 Å². The Morgan fingerprint density at radius 3 is 3.06 bits per heavy atom. The molecule has 1 amide bonds. The fraction of sp³-hybridized carbons (Fsp3) is 0.667. The van der Waals surface area contributed by atoms with Gasteiger partial charge >= 0.3 is 0 Å². The molecule has 0 aliphatic heterocycles. The van der Waals surface area contributed by atoms with Crippen LogP contribution in [0.25, 0.3) is 0 Å². The van der Waals surface area contributed by atoms with Gasteiger partial charge in [0.15, 0.2) is 0 Å². The third-order valence-corrected chi connectivity index (χ3v) is 2.94. The number of carbonyl (C=O) groups is 1. The number of aromatic nitrogens is 2. The molecule has 1 aromatic heterocycles. The molecule has 1 aliphatic carbocycles. The zero-order valence-electron chi connectivity index (χ0n) is 10.2. The minimum atomic E-state index is 0.0920. The molecule has 0 bridgehead atoms. The van der Waals surface area contributed by atoms with Crippen LogP contribution >= 0.6 is 0 Å². The second-order valence-electron chi connectivity index (χ2n) is 4.79. The van der Waals surface area contributed by atoms with Crippen molar-refractivity contribution in [1.29, 1.82) is 0 Å². The van der Waals surface area contributed by atoms with Crippen molar-refractivity contribution in [2.75, 3.05) is 13.1 Å². The molecule has 1 atom stereocenters. The molecule has 94 valence electrons. The van der Waals surface area contributed by atoms with Crippen LogP contribution in [0.1, 0.15) is 19.8 Å². The normalized spacial score (nSPS) is 16.8. The van der Waals surface area contributed by atoms with Gasteiger partial charge < -0.3 is 15.2 Å². The first-order valence-electron chi connectivity index (χ1n) is 6.20. The summed E-state index contributed by atoms with van der Waals surface area (Å²) in [5.41, 5.74) is 0. The number of nitrogens with zero attached hydrogens (tertiary/aromatic N) is 2. The van der Waals surface area contributed by atoms with E-state index in [1.54, 1.807) is 12.5 Å². The van der Waals surface area contributed by atoms with E-state index in [4.69, 9.17) is 0 Å². The number of imidazole rings is 1. The first-order valence-corrected chi connectivity index (χ1v) is 6.20. The fourth-order valence-corrected chi connectivity index (χ4v) is 1.69. The largest absolute Gasteiger partial charge is 0.355 e. The van der Waals surface area contributed by atoms with Gasteiger partial charge in [-0.25, -0.2) is 4.98 Å². The van der Waals surface area contributed by atoms with Crippen LogP contribution in [0.4, 0.5) is 0 Å². The molecule has 2 N–H and O–H groups in total. The highest BCUT2D eigenvalue weighted by Gasteiger charge is 2.21. The van der Waals surface area contributed by atoms with Gasteiger partial charge in [-0.15, -0.1) is 0 Å². The number of nitrogens with one attached hydrogen (secondary N) is 2. The molecule has 1 aliphatic rings. The molecule has 0 saturated heterocycles. The van der Waals surface area contributed by atoms with E-state index in [-0.39, 0.29) is 11.9 Å². The standard InChI is InChI=1S/C12H20N4O/c1-10(8-16-5-4-13-9-16)14-7-12(17)15-6-11-2-3-11/h4-5,9-11,14H,2-3,6-8H2,1H3,(H,15,17). The van der Waals surface area contributed by atoms with Crippen molar-refractivity contribution in [2.45, 2.75) is 32.4 Å². The van der Waals surface area contributed by atoms with Gasteiger partial charge in [0, 0.05) is 31.5 Å². The Morgan fingerprint density at radius 1 is 1.59 bits per heavy atom. The predicted octanol–water partition coefficient (Wildman–Crippen LogP) is 0.387. The van der Waals surface area contributed by atoms with Crippen LogP contribution in [-0.2, 0) is 11.3 Å². The minimum Gasteiger partial charge on any atom is -0.355 e. The maximum absolute atomic E-state index is 11.5. The van der Waals surface area contributed by atoms with Crippen LogP contribution in [-0.4, -0.2) is 34.6 Å². The van der Waals surface area contributed by atoms with Crippen LogP contribution in [0, 0.1) is 5.92 Å². The highest BCUT2D eigenvalue weighted by molar-refractivity contribution is 5.78. The number of hydrogen-bond acceptors (Lipinski definition) is 3. The van der Waals surface area contributed by atoms with Crippen LogP contribution < -0.4 is 10.6 Å². The number of carbonyl (C=O) groups excluding carboxylic acids is 1. The summed E-state index contributed by atoms with van der Waals surface area (Å²) in [7, 11) is 0. The van der Waals surface area contributed by atoms with E-state index in [0.29, 0.717) is 6.54 Å². The predicted molar refractivity (Wildman–Crippen MR) is 65.4 cm³/mol. The van der Waals surface area contributed by atoms with E-state index >= 15 is 0 Å². The average Bonchev–Trinajstić information content (AvgIpc) is 3.01. The third kappa shape index (κ3) is 4.56. The zero-order chi connectivity index (χ0) is 12.1. The van der Waals surface area contributed by atoms with E-state index in [9.17, 15) is 4.79 Å². The summed E-state index contributed by atoms with van der Waals surface area (Å²) in [4.78, 5) is 15.5. The zero-order valence-corrected chi connectivity index (χ0v) is 10.2. The highest BCUT2D eigenvalue weighted by atomic mass is 16.1. The maximum atomic E-state index is 11.5. The van der Waals surface area contributed by atoms with Gasteiger partial charge in [-0.05, 0) is 25.7 Å². The quantitative estimate of drug-likeness (QED) is 0.720. The summed E-state index contributed by atoms with van der Waals surface area (Å²) >= 11 is 0. The van der Waals surface area contributed by atoms with Crippen molar-refractivity contribution in [1.82, 2.24) is 20.2 Å². The van der Waals surface area contributed by atoms with Gasteiger partial charge in [-0.2, -0.15) is 0 Å². The smallest absolute Gasteiger partial charge is 0.233 e. The second kappa shape index (κ2) is 5.82. The Morgan fingerprint density at radius 2 is 2.41 bits per heavy atom. The molecule has 0 spiro atoms. The summed E-state index contributed by atoms with van der Waals surface area (Å²) < 4.78 is 2.00. The molecular weight excluding hydrogens is 216 g/mol. The van der Waals surface area contributed by atoms with E-state index in [1.165, 1.54) is 12.8 Å². The lowest BCUT2D eigenvalue weighted by Gasteiger charge is -2.14. The number of amides is 1. The fourth-order valence-electron chi connectivity index (χ4n) is 1.69. The summed E-state index contributed by atoms with van der Waals surface area (Å²) in [6.45, 7) is 4.13. The van der Waals surface area contributed by atoms with Gasteiger partial charge in [-0.1, -0.05) is 0 Å². The topological polar surface area (TPSA) is 59.0 Å². The summed E-state index contributed by atoms with van der Waals surface area (Å²) in [5.74, 6) is 0.830. The summed E-state index contributed by atoms with van der Waals surface area (Å²) in [5, 5.41) is 6.14. The van der Waals surface area contributed by atoms with Crippen LogP contribution in [0.2, 0.25) is 0 Å². The second-order valence-corrected chi connectivity index (χ2v) is 4.79. The molecule has 1 unspecified atom stereocenters. The molecule has 0 radical (unpaired) electrons. The Hall–Kier alpha value is -1.36. The van der Waals surface area contributed by atoms with Crippen molar-refractivity contribution in [3.05, 3.63) is 18.7 Å². The Balaban J connectivity index is 1.58. The van der Waals surface area contributed by atoms with Crippen molar-refractivity contribution >= 4 is 5.91 Å². The summed E-state index contributed by atoms with van der Waals surface area (Å²) in [6, 6.07) is 0.260. The lowest BCUT2D eigenvalue weighted by Crippen LogP contribution is -2.40. The van der Waals surface area contributed by atoms with Crippen LogP contribution in [0.3, 0.4) is 0 Å². The molecule has 1 saturated carbocycles. The molecule has 1 heterocycles. The van der Waals surface area contributed by atoms with E-state index < -0.39 is 0 Å². The molecule has 5 nitrogen and oxygen atoms in total. The SMILES string of the molecule is CC(Cn1ccnc1)NCC(=O)NCC1CC1. The van der Waals surface area contributed by atoms with Crippen molar-refractivity contribution in [2.24, 2.45) is 5.92 Å². The monoisotopic (exact) mass is 236 g/mol. The molecule has 2 rings (SSSR count). The lowest BCUT2D eigenvalue weighted by molar-refractivity contribution is -0.120. The molecule has 17 heavy (non-hydrogen) atoms. The van der Waals surface area contributed by atoms with E-state index in [0.717, 1.165) is 19.0 Å². The molecule has 1 aromatic rings. The maximum Gasteiger partial charge on any atom is 0.233 e. The first-order chi connectivity index (χ1) is 8.24. The molecular formula is C12H20N4O. The van der Waals surface area contributed by atoms with E-state index in [2.05, 4.69) is 22.5 Å². The van der Waals surface area contributed by atoms with Crippen molar-refractivity contribution in [3.63, 3.8) is 0 Å². The first kappa shape index (κ1) is 12.1. The Bertz CT molecular complexity index is 345. The number of rotatable bonds is 7. The van der Waals surface area contributed by atoms with Gasteiger partial charge in [-0.3, -0.25) is 4.79 Å². The molecule has 5 heteroatoms. The van der Waals surface area contributed by atoms with Crippen LogP contribution in [0.5, 0.6) is 0 Å². The number of hydrogen-bond donors (Lipinski definition) is 2. The van der Waals surface area contributed by atoms with Crippen molar-refractivity contribution < 1.29 is 4.79 Å². The third-order valence-electron chi connectivity index (χ3n) is 2.94. The van der Waals surface area contributed by atoms with E-state index in [1.807, 2.05) is 10.8 Å². The molecule has 0 aromatic carbocycles. The van der Waals surface area contributed by atoms with Gasteiger partial charge in [0.05, 0.1) is 12.9 Å². The molecule has 1 fully saturated rings. The average molecular weight is 236 g/mol. The highest BCUT2D eigenvalue weighted by Crippen LogP contribution is 2.27. The minimum absolute atomic E-state index is 0.0920. The Labute approximate surface area is 102 Å². The van der Waals surface area contributed by atoms with Gasteiger partial charge in [0.1, 0.15) is 0 Å². The summed E-state index contributed by atoms with van der Waals surface area (Å²) in [6.07, 6.45) is 8.00. The van der Waals surface area contributed by atoms with Crippen molar-refractivity contribution in [3.8, 4) is 0 Å².